The van der Waals surface area contributed by atoms with Gasteiger partial charge in [0.1, 0.15) is 0 Å². The van der Waals surface area contributed by atoms with Gasteiger partial charge in [0.25, 0.3) is 11.5 Å². The molecule has 1 aliphatic rings. The molecule has 7 nitrogen and oxygen atoms in total. The number of H-pyrrole nitrogens is 1. The van der Waals surface area contributed by atoms with Crippen LogP contribution < -0.4 is 10.9 Å². The van der Waals surface area contributed by atoms with Crippen molar-refractivity contribution in [3.8, 4) is 0 Å². The molecule has 2 aromatic rings. The van der Waals surface area contributed by atoms with E-state index in [4.69, 9.17) is 4.74 Å². The molecule has 0 saturated heterocycles. The number of amides is 1. The lowest BCUT2D eigenvalue weighted by atomic mass is 10.1. The first-order chi connectivity index (χ1) is 11.6. The first kappa shape index (κ1) is 16.2. The first-order valence-electron chi connectivity index (χ1n) is 8.05. The Balaban J connectivity index is 1.74. The Labute approximate surface area is 138 Å². The van der Waals surface area contributed by atoms with Crippen LogP contribution in [0, 0.1) is 0 Å². The molecule has 1 fully saturated rings. The molecule has 0 bridgehead atoms. The molecule has 1 aromatic carbocycles. The third kappa shape index (κ3) is 3.29. The second-order valence-electron chi connectivity index (χ2n) is 5.98. The SMILES string of the molecule is C[C@H](OC(=O)c1n[nH]c(=O)c2ccccc12)C(=O)NC1CCCC1. The molecule has 126 valence electrons. The average Bonchev–Trinajstić information content (AvgIpc) is 3.08. The standard InChI is InChI=1S/C17H19N3O4/c1-10(15(21)18-11-6-2-3-7-11)24-17(23)14-12-8-4-5-9-13(12)16(22)20-19-14/h4-5,8-11H,2-3,6-7H2,1H3,(H,18,21)(H,20,22)/t10-/m0/s1. The van der Waals surface area contributed by atoms with E-state index in [9.17, 15) is 14.4 Å². The zero-order chi connectivity index (χ0) is 17.1. The summed E-state index contributed by atoms with van der Waals surface area (Å²) >= 11 is 0. The van der Waals surface area contributed by atoms with Crippen molar-refractivity contribution < 1.29 is 14.3 Å². The number of fused-ring (bicyclic) bond motifs is 1. The van der Waals surface area contributed by atoms with Gasteiger partial charge in [-0.2, -0.15) is 5.10 Å². The molecular weight excluding hydrogens is 310 g/mol. The second-order valence-corrected chi connectivity index (χ2v) is 5.98. The molecule has 1 amide bonds. The fourth-order valence-electron chi connectivity index (χ4n) is 2.93. The predicted octanol–water partition coefficient (Wildman–Crippen LogP) is 1.53. The van der Waals surface area contributed by atoms with Crippen LogP contribution in [0.4, 0.5) is 0 Å². The number of hydrogen-bond donors (Lipinski definition) is 2. The van der Waals surface area contributed by atoms with Crippen LogP contribution in [0.5, 0.6) is 0 Å². The second kappa shape index (κ2) is 6.82. The van der Waals surface area contributed by atoms with Gasteiger partial charge < -0.3 is 10.1 Å². The highest BCUT2D eigenvalue weighted by atomic mass is 16.5. The van der Waals surface area contributed by atoms with Crippen LogP contribution in [0.15, 0.2) is 29.1 Å². The third-order valence-electron chi connectivity index (χ3n) is 4.24. The molecule has 1 saturated carbocycles. The van der Waals surface area contributed by atoms with E-state index >= 15 is 0 Å². The van der Waals surface area contributed by atoms with Crippen LogP contribution >= 0.6 is 0 Å². The van der Waals surface area contributed by atoms with Crippen molar-refractivity contribution >= 4 is 22.6 Å². The summed E-state index contributed by atoms with van der Waals surface area (Å²) in [4.78, 5) is 36.2. The van der Waals surface area contributed by atoms with E-state index in [1.807, 2.05) is 0 Å². The quantitative estimate of drug-likeness (QED) is 0.828. The summed E-state index contributed by atoms with van der Waals surface area (Å²) in [6.07, 6.45) is 3.20. The number of carbonyl (C=O) groups is 2. The van der Waals surface area contributed by atoms with E-state index in [1.54, 1.807) is 24.3 Å². The number of hydrogen-bond acceptors (Lipinski definition) is 5. The Bertz CT molecular complexity index is 824. The number of rotatable bonds is 4. The van der Waals surface area contributed by atoms with Gasteiger partial charge >= 0.3 is 5.97 Å². The van der Waals surface area contributed by atoms with Gasteiger partial charge in [-0.3, -0.25) is 9.59 Å². The van der Waals surface area contributed by atoms with Gasteiger partial charge in [-0.15, -0.1) is 0 Å². The van der Waals surface area contributed by atoms with Crippen molar-refractivity contribution in [3.63, 3.8) is 0 Å². The van der Waals surface area contributed by atoms with Gasteiger partial charge in [0.2, 0.25) is 0 Å². The molecule has 0 spiro atoms. The fourth-order valence-corrected chi connectivity index (χ4v) is 2.93. The van der Waals surface area contributed by atoms with E-state index in [0.717, 1.165) is 25.7 Å². The lowest BCUT2D eigenvalue weighted by Crippen LogP contribution is -2.41. The smallest absolute Gasteiger partial charge is 0.360 e. The maximum Gasteiger partial charge on any atom is 0.360 e. The van der Waals surface area contributed by atoms with E-state index in [1.165, 1.54) is 6.92 Å². The van der Waals surface area contributed by atoms with Crippen LogP contribution in [-0.2, 0) is 9.53 Å². The third-order valence-corrected chi connectivity index (χ3v) is 4.24. The number of esters is 1. The largest absolute Gasteiger partial charge is 0.448 e. The van der Waals surface area contributed by atoms with Gasteiger partial charge in [-0.05, 0) is 25.8 Å². The van der Waals surface area contributed by atoms with Crippen molar-refractivity contribution in [2.45, 2.75) is 44.8 Å². The van der Waals surface area contributed by atoms with Crippen molar-refractivity contribution in [3.05, 3.63) is 40.3 Å². The number of benzene rings is 1. The Morgan fingerprint density at radius 2 is 1.92 bits per heavy atom. The summed E-state index contributed by atoms with van der Waals surface area (Å²) in [5, 5.41) is 9.69. The highest BCUT2D eigenvalue weighted by molar-refractivity contribution is 6.02. The van der Waals surface area contributed by atoms with E-state index in [-0.39, 0.29) is 23.2 Å². The van der Waals surface area contributed by atoms with Crippen LogP contribution in [-0.4, -0.2) is 34.2 Å². The van der Waals surface area contributed by atoms with Crippen molar-refractivity contribution in [1.29, 1.82) is 0 Å². The molecule has 24 heavy (non-hydrogen) atoms. The molecule has 0 aliphatic heterocycles. The Morgan fingerprint density at radius 3 is 2.62 bits per heavy atom. The topological polar surface area (TPSA) is 101 Å². The Hall–Kier alpha value is -2.70. The summed E-state index contributed by atoms with van der Waals surface area (Å²) < 4.78 is 5.22. The fraction of sp³-hybridized carbons (Fsp3) is 0.412. The molecular formula is C17H19N3O4. The molecule has 7 heteroatoms. The number of carbonyl (C=O) groups excluding carboxylic acids is 2. The number of ether oxygens (including phenoxy) is 1. The number of nitrogens with zero attached hydrogens (tertiary/aromatic N) is 1. The Morgan fingerprint density at radius 1 is 1.25 bits per heavy atom. The predicted molar refractivity (Wildman–Crippen MR) is 87.6 cm³/mol. The zero-order valence-corrected chi connectivity index (χ0v) is 13.4. The van der Waals surface area contributed by atoms with Crippen LogP contribution in [0.25, 0.3) is 10.8 Å². The van der Waals surface area contributed by atoms with Crippen LogP contribution in [0.2, 0.25) is 0 Å². The van der Waals surface area contributed by atoms with Crippen LogP contribution in [0.3, 0.4) is 0 Å². The van der Waals surface area contributed by atoms with E-state index in [2.05, 4.69) is 15.5 Å². The molecule has 1 heterocycles. The molecule has 0 unspecified atom stereocenters. The van der Waals surface area contributed by atoms with Gasteiger partial charge in [0.05, 0.1) is 5.39 Å². The lowest BCUT2D eigenvalue weighted by molar-refractivity contribution is -0.129. The minimum absolute atomic E-state index is 0.00860. The molecule has 1 aromatic heterocycles. The molecule has 3 rings (SSSR count). The summed E-state index contributed by atoms with van der Waals surface area (Å²) in [6, 6.07) is 6.78. The highest BCUT2D eigenvalue weighted by Crippen LogP contribution is 2.18. The minimum Gasteiger partial charge on any atom is -0.448 e. The number of aromatic nitrogens is 2. The monoisotopic (exact) mass is 329 g/mol. The molecule has 2 N–H and O–H groups in total. The zero-order valence-electron chi connectivity index (χ0n) is 13.4. The molecule has 1 atom stereocenters. The number of nitrogens with one attached hydrogen (secondary N) is 2. The number of aromatic amines is 1. The maximum atomic E-state index is 12.3. The lowest BCUT2D eigenvalue weighted by Gasteiger charge is -2.17. The molecule has 0 radical (unpaired) electrons. The summed E-state index contributed by atoms with van der Waals surface area (Å²) in [5.41, 5.74) is -0.389. The van der Waals surface area contributed by atoms with Gasteiger partial charge in [0.15, 0.2) is 11.8 Å². The highest BCUT2D eigenvalue weighted by Gasteiger charge is 2.25. The summed E-state index contributed by atoms with van der Waals surface area (Å²) in [6.45, 7) is 1.52. The molecule has 1 aliphatic carbocycles. The van der Waals surface area contributed by atoms with Crippen molar-refractivity contribution in [1.82, 2.24) is 15.5 Å². The average molecular weight is 329 g/mol. The van der Waals surface area contributed by atoms with Gasteiger partial charge in [-0.1, -0.05) is 31.0 Å². The summed E-state index contributed by atoms with van der Waals surface area (Å²) in [7, 11) is 0. The van der Waals surface area contributed by atoms with Crippen molar-refractivity contribution in [2.75, 3.05) is 0 Å². The first-order valence-corrected chi connectivity index (χ1v) is 8.05. The van der Waals surface area contributed by atoms with E-state index in [0.29, 0.717) is 10.8 Å². The Kier molecular flexibility index (Phi) is 4.59. The summed E-state index contributed by atoms with van der Waals surface area (Å²) in [5.74, 6) is -1.06. The van der Waals surface area contributed by atoms with Gasteiger partial charge in [-0.25, -0.2) is 9.89 Å². The van der Waals surface area contributed by atoms with Crippen molar-refractivity contribution in [2.24, 2.45) is 0 Å². The van der Waals surface area contributed by atoms with Crippen LogP contribution in [0.1, 0.15) is 43.1 Å². The minimum atomic E-state index is -0.925. The van der Waals surface area contributed by atoms with E-state index < -0.39 is 12.1 Å². The van der Waals surface area contributed by atoms with Gasteiger partial charge in [0, 0.05) is 11.4 Å². The maximum absolute atomic E-state index is 12.3. The normalized spacial score (nSPS) is 16.0.